The summed E-state index contributed by atoms with van der Waals surface area (Å²) in [6, 6.07) is 1.97. The fraction of sp³-hybridized carbons (Fsp3) is 0.571. The molecule has 21 heavy (non-hydrogen) atoms. The lowest BCUT2D eigenvalue weighted by Gasteiger charge is -2.30. The normalized spacial score (nSPS) is 21.8. The zero-order valence-corrected chi connectivity index (χ0v) is 14.4. The first-order chi connectivity index (χ1) is 10.0. The molecule has 1 aliphatic rings. The summed E-state index contributed by atoms with van der Waals surface area (Å²) < 4.78 is 8.86. The Morgan fingerprint density at radius 2 is 2.38 bits per heavy atom. The number of alkyl halides is 1. The molecule has 3 rings (SSSR count). The standard InChI is InChI=1S/C14H18BrClN4O/c1-9(16)13-18-12-5-10(15)6-17-14(12)20(13)8-11-7-19(2)3-4-21-11/h5-6,9,11H,3-4,7-8H2,1-2H3. The number of pyridine rings is 1. The molecule has 2 unspecified atom stereocenters. The van der Waals surface area contributed by atoms with Gasteiger partial charge in [0.25, 0.3) is 0 Å². The second-order valence-corrected chi connectivity index (χ2v) is 7.02. The Balaban J connectivity index is 1.97. The molecule has 2 atom stereocenters. The fourth-order valence-electron chi connectivity index (χ4n) is 2.67. The van der Waals surface area contributed by atoms with Crippen LogP contribution in [-0.2, 0) is 11.3 Å². The van der Waals surface area contributed by atoms with Crippen molar-refractivity contribution in [3.8, 4) is 0 Å². The van der Waals surface area contributed by atoms with Crippen LogP contribution in [0.2, 0.25) is 0 Å². The van der Waals surface area contributed by atoms with Crippen LogP contribution in [0.25, 0.3) is 11.2 Å². The molecule has 0 N–H and O–H groups in total. The molecule has 0 radical (unpaired) electrons. The van der Waals surface area contributed by atoms with Gasteiger partial charge in [-0.1, -0.05) is 0 Å². The largest absolute Gasteiger partial charge is 0.374 e. The summed E-state index contributed by atoms with van der Waals surface area (Å²) in [6.07, 6.45) is 1.93. The second kappa shape index (κ2) is 6.20. The number of likely N-dealkylation sites (N-methyl/N-ethyl adjacent to an activating group) is 1. The van der Waals surface area contributed by atoms with Crippen LogP contribution in [0.1, 0.15) is 18.1 Å². The van der Waals surface area contributed by atoms with Gasteiger partial charge in [-0.3, -0.25) is 0 Å². The molecule has 0 aliphatic carbocycles. The first kappa shape index (κ1) is 15.2. The number of aromatic nitrogens is 3. The Morgan fingerprint density at radius 1 is 1.57 bits per heavy atom. The van der Waals surface area contributed by atoms with Gasteiger partial charge in [-0.25, -0.2) is 9.97 Å². The van der Waals surface area contributed by atoms with E-state index >= 15 is 0 Å². The van der Waals surface area contributed by atoms with Gasteiger partial charge in [-0.05, 0) is 36.0 Å². The van der Waals surface area contributed by atoms with Crippen LogP contribution in [0.15, 0.2) is 16.7 Å². The van der Waals surface area contributed by atoms with E-state index in [9.17, 15) is 0 Å². The SMILES string of the molecule is CC(Cl)c1nc2cc(Br)cnc2n1CC1CN(C)CCO1. The van der Waals surface area contributed by atoms with Crippen molar-refractivity contribution in [3.63, 3.8) is 0 Å². The van der Waals surface area contributed by atoms with E-state index in [2.05, 4.69) is 42.4 Å². The Hall–Kier alpha value is -0.690. The molecule has 0 aromatic carbocycles. The van der Waals surface area contributed by atoms with E-state index in [1.165, 1.54) is 0 Å². The molecule has 114 valence electrons. The molecule has 0 bridgehead atoms. The molecule has 3 heterocycles. The third-order valence-corrected chi connectivity index (χ3v) is 4.29. The summed E-state index contributed by atoms with van der Waals surface area (Å²) in [4.78, 5) is 11.4. The molecule has 1 aliphatic heterocycles. The van der Waals surface area contributed by atoms with Crippen molar-refractivity contribution in [1.29, 1.82) is 0 Å². The summed E-state index contributed by atoms with van der Waals surface area (Å²) in [5, 5.41) is -0.167. The number of fused-ring (bicyclic) bond motifs is 1. The highest BCUT2D eigenvalue weighted by molar-refractivity contribution is 9.10. The summed E-state index contributed by atoms with van der Waals surface area (Å²) in [5.41, 5.74) is 1.72. The van der Waals surface area contributed by atoms with E-state index in [4.69, 9.17) is 16.3 Å². The highest BCUT2D eigenvalue weighted by Gasteiger charge is 2.23. The highest BCUT2D eigenvalue weighted by atomic mass is 79.9. The number of imidazole rings is 1. The van der Waals surface area contributed by atoms with Crippen molar-refractivity contribution < 1.29 is 4.74 Å². The van der Waals surface area contributed by atoms with Gasteiger partial charge in [0.1, 0.15) is 11.3 Å². The molecule has 2 aromatic rings. The summed E-state index contributed by atoms with van der Waals surface area (Å²) in [6.45, 7) is 5.31. The van der Waals surface area contributed by atoms with Crippen molar-refractivity contribution >= 4 is 38.7 Å². The van der Waals surface area contributed by atoms with Gasteiger partial charge >= 0.3 is 0 Å². The molecular weight excluding hydrogens is 356 g/mol. The van der Waals surface area contributed by atoms with Crippen LogP contribution in [-0.4, -0.2) is 52.3 Å². The number of rotatable bonds is 3. The number of nitrogens with zero attached hydrogens (tertiary/aromatic N) is 4. The second-order valence-electron chi connectivity index (χ2n) is 5.45. The highest BCUT2D eigenvalue weighted by Crippen LogP contribution is 2.26. The minimum atomic E-state index is -0.167. The molecule has 1 fully saturated rings. The van der Waals surface area contributed by atoms with Gasteiger partial charge in [0.05, 0.1) is 24.6 Å². The van der Waals surface area contributed by atoms with Crippen LogP contribution in [0.5, 0.6) is 0 Å². The Morgan fingerprint density at radius 3 is 3.10 bits per heavy atom. The maximum Gasteiger partial charge on any atom is 0.160 e. The summed E-state index contributed by atoms with van der Waals surface area (Å²) in [7, 11) is 2.11. The lowest BCUT2D eigenvalue weighted by atomic mass is 10.2. The van der Waals surface area contributed by atoms with Crippen molar-refractivity contribution in [2.75, 3.05) is 26.7 Å². The maximum absolute atomic E-state index is 6.29. The van der Waals surface area contributed by atoms with Crippen LogP contribution in [0, 0.1) is 0 Å². The molecule has 2 aromatic heterocycles. The van der Waals surface area contributed by atoms with Crippen LogP contribution in [0.4, 0.5) is 0 Å². The molecule has 0 saturated carbocycles. The van der Waals surface area contributed by atoms with Crippen LogP contribution in [0.3, 0.4) is 0 Å². The van der Waals surface area contributed by atoms with E-state index in [1.54, 1.807) is 6.20 Å². The Kier molecular flexibility index (Phi) is 4.49. The fourth-order valence-corrected chi connectivity index (χ4v) is 3.15. The van der Waals surface area contributed by atoms with Gasteiger partial charge in [-0.2, -0.15) is 0 Å². The van der Waals surface area contributed by atoms with Gasteiger partial charge < -0.3 is 14.2 Å². The van der Waals surface area contributed by atoms with E-state index in [0.717, 1.165) is 47.7 Å². The zero-order chi connectivity index (χ0) is 15.0. The molecule has 0 amide bonds. The van der Waals surface area contributed by atoms with Gasteiger partial charge in [-0.15, -0.1) is 11.6 Å². The topological polar surface area (TPSA) is 43.2 Å². The van der Waals surface area contributed by atoms with E-state index in [0.29, 0.717) is 0 Å². The lowest BCUT2D eigenvalue weighted by Crippen LogP contribution is -2.42. The number of ether oxygens (including phenoxy) is 1. The average Bonchev–Trinajstić information content (AvgIpc) is 2.77. The first-order valence-electron chi connectivity index (χ1n) is 7.00. The molecule has 5 nitrogen and oxygen atoms in total. The quantitative estimate of drug-likeness (QED) is 0.776. The van der Waals surface area contributed by atoms with Crippen LogP contribution >= 0.6 is 27.5 Å². The third kappa shape index (κ3) is 3.23. The van der Waals surface area contributed by atoms with Crippen molar-refractivity contribution in [1.82, 2.24) is 19.4 Å². The smallest absolute Gasteiger partial charge is 0.160 e. The molecule has 0 spiro atoms. The monoisotopic (exact) mass is 372 g/mol. The zero-order valence-electron chi connectivity index (χ0n) is 12.1. The average molecular weight is 374 g/mol. The number of hydrogen-bond donors (Lipinski definition) is 0. The number of halogens is 2. The lowest BCUT2D eigenvalue weighted by molar-refractivity contribution is -0.0273. The Labute approximate surface area is 137 Å². The van der Waals surface area contributed by atoms with Gasteiger partial charge in [0.2, 0.25) is 0 Å². The molecule has 7 heteroatoms. The van der Waals surface area contributed by atoms with Crippen molar-refractivity contribution in [2.24, 2.45) is 0 Å². The third-order valence-electron chi connectivity index (χ3n) is 3.66. The maximum atomic E-state index is 6.29. The first-order valence-corrected chi connectivity index (χ1v) is 8.23. The van der Waals surface area contributed by atoms with E-state index in [-0.39, 0.29) is 11.5 Å². The number of morpholine rings is 1. The van der Waals surface area contributed by atoms with Crippen molar-refractivity contribution in [3.05, 3.63) is 22.6 Å². The predicted octanol–water partition coefficient (Wildman–Crippen LogP) is 2.82. The van der Waals surface area contributed by atoms with E-state index < -0.39 is 0 Å². The molecule has 1 saturated heterocycles. The van der Waals surface area contributed by atoms with Gasteiger partial charge in [0, 0.05) is 23.8 Å². The Bertz CT molecular complexity index is 645. The minimum absolute atomic E-state index is 0.140. The summed E-state index contributed by atoms with van der Waals surface area (Å²) in [5.74, 6) is 0.842. The van der Waals surface area contributed by atoms with Crippen molar-refractivity contribution in [2.45, 2.75) is 24.9 Å². The molecular formula is C14H18BrClN4O. The van der Waals surface area contributed by atoms with E-state index in [1.807, 2.05) is 13.0 Å². The van der Waals surface area contributed by atoms with Crippen LogP contribution < -0.4 is 0 Å². The minimum Gasteiger partial charge on any atom is -0.374 e. The number of hydrogen-bond acceptors (Lipinski definition) is 4. The predicted molar refractivity (Wildman–Crippen MR) is 86.7 cm³/mol. The summed E-state index contributed by atoms with van der Waals surface area (Å²) >= 11 is 9.73. The van der Waals surface area contributed by atoms with Gasteiger partial charge in [0.15, 0.2) is 5.65 Å².